The van der Waals surface area contributed by atoms with Crippen LogP contribution in [-0.4, -0.2) is 21.5 Å². The summed E-state index contributed by atoms with van der Waals surface area (Å²) in [7, 11) is -2.36. The van der Waals surface area contributed by atoms with Crippen molar-refractivity contribution in [2.75, 3.05) is 11.8 Å². The van der Waals surface area contributed by atoms with Gasteiger partial charge >= 0.3 is 5.97 Å². The fourth-order valence-corrected chi connectivity index (χ4v) is 3.28. The highest BCUT2D eigenvalue weighted by atomic mass is 32.2. The van der Waals surface area contributed by atoms with Gasteiger partial charge in [-0.15, -0.1) is 0 Å². The monoisotopic (exact) mass is 347 g/mol. The van der Waals surface area contributed by atoms with Crippen LogP contribution in [0.25, 0.3) is 0 Å². The van der Waals surface area contributed by atoms with Crippen LogP contribution in [0.5, 0.6) is 0 Å². The van der Waals surface area contributed by atoms with Crippen molar-refractivity contribution in [3.8, 4) is 0 Å². The molecule has 0 saturated heterocycles. The molecule has 0 heterocycles. The molecule has 0 bridgehead atoms. The van der Waals surface area contributed by atoms with E-state index in [1.807, 2.05) is 12.1 Å². The molecular formula is C18H21NO4S. The van der Waals surface area contributed by atoms with Gasteiger partial charge < -0.3 is 4.74 Å². The SMILES string of the molecule is CCCCc1ccc(S(=O)(=O)Nc2ccc(C(=O)OC)cc2)cc1. The minimum Gasteiger partial charge on any atom is -0.465 e. The smallest absolute Gasteiger partial charge is 0.337 e. The van der Waals surface area contributed by atoms with Crippen LogP contribution in [0.15, 0.2) is 53.4 Å². The van der Waals surface area contributed by atoms with Crippen LogP contribution < -0.4 is 4.72 Å². The molecule has 1 N–H and O–H groups in total. The maximum absolute atomic E-state index is 12.4. The summed E-state index contributed by atoms with van der Waals surface area (Å²) < 4.78 is 31.9. The van der Waals surface area contributed by atoms with Gasteiger partial charge in [-0.25, -0.2) is 13.2 Å². The van der Waals surface area contributed by atoms with Crippen molar-refractivity contribution in [1.82, 2.24) is 0 Å². The minimum atomic E-state index is -3.66. The third kappa shape index (κ3) is 4.58. The van der Waals surface area contributed by atoms with Gasteiger partial charge in [0, 0.05) is 5.69 Å². The number of rotatable bonds is 7. The number of anilines is 1. The summed E-state index contributed by atoms with van der Waals surface area (Å²) in [5.74, 6) is -0.466. The Hall–Kier alpha value is -2.34. The minimum absolute atomic E-state index is 0.208. The molecule has 5 nitrogen and oxygen atoms in total. The first-order valence-corrected chi connectivity index (χ1v) is 9.24. The lowest BCUT2D eigenvalue weighted by molar-refractivity contribution is 0.0601. The van der Waals surface area contributed by atoms with E-state index in [4.69, 9.17) is 0 Å². The molecule has 0 aromatic heterocycles. The Balaban J connectivity index is 2.11. The molecule has 24 heavy (non-hydrogen) atoms. The van der Waals surface area contributed by atoms with Crippen molar-refractivity contribution >= 4 is 21.7 Å². The lowest BCUT2D eigenvalue weighted by atomic mass is 10.1. The van der Waals surface area contributed by atoms with Crippen molar-refractivity contribution in [3.63, 3.8) is 0 Å². The highest BCUT2D eigenvalue weighted by Crippen LogP contribution is 2.18. The lowest BCUT2D eigenvalue weighted by Crippen LogP contribution is -2.13. The van der Waals surface area contributed by atoms with Crippen LogP contribution in [-0.2, 0) is 21.2 Å². The third-order valence-electron chi connectivity index (χ3n) is 3.61. The highest BCUT2D eigenvalue weighted by Gasteiger charge is 2.14. The zero-order valence-corrected chi connectivity index (χ0v) is 14.6. The van der Waals surface area contributed by atoms with E-state index in [-0.39, 0.29) is 4.90 Å². The maximum Gasteiger partial charge on any atom is 0.337 e. The normalized spacial score (nSPS) is 11.1. The van der Waals surface area contributed by atoms with Gasteiger partial charge in [0.25, 0.3) is 10.0 Å². The fourth-order valence-electron chi connectivity index (χ4n) is 2.22. The largest absolute Gasteiger partial charge is 0.465 e. The number of ether oxygens (including phenoxy) is 1. The van der Waals surface area contributed by atoms with Crippen molar-refractivity contribution in [2.24, 2.45) is 0 Å². The van der Waals surface area contributed by atoms with Crippen LogP contribution in [0.1, 0.15) is 35.7 Å². The van der Waals surface area contributed by atoms with Crippen LogP contribution >= 0.6 is 0 Å². The summed E-state index contributed by atoms with van der Waals surface area (Å²) >= 11 is 0. The molecule has 128 valence electrons. The van der Waals surface area contributed by atoms with Gasteiger partial charge in [-0.05, 0) is 54.8 Å². The second kappa shape index (κ2) is 7.97. The first-order valence-electron chi connectivity index (χ1n) is 7.76. The molecule has 0 aliphatic heterocycles. The van der Waals surface area contributed by atoms with Gasteiger partial charge in [0.05, 0.1) is 17.6 Å². The zero-order valence-electron chi connectivity index (χ0n) is 13.8. The Bertz CT molecular complexity index is 781. The Morgan fingerprint density at radius 2 is 1.67 bits per heavy atom. The quantitative estimate of drug-likeness (QED) is 0.777. The molecule has 0 fully saturated rings. The van der Waals surface area contributed by atoms with Gasteiger partial charge in [-0.2, -0.15) is 0 Å². The van der Waals surface area contributed by atoms with Gasteiger partial charge in [0.2, 0.25) is 0 Å². The summed E-state index contributed by atoms with van der Waals surface area (Å²) in [4.78, 5) is 11.6. The number of carbonyl (C=O) groups excluding carboxylic acids is 1. The molecule has 6 heteroatoms. The van der Waals surface area contributed by atoms with E-state index in [1.165, 1.54) is 31.4 Å². The maximum atomic E-state index is 12.4. The third-order valence-corrected chi connectivity index (χ3v) is 5.01. The molecule has 0 aliphatic rings. The van der Waals surface area contributed by atoms with Crippen LogP contribution in [0, 0.1) is 0 Å². The van der Waals surface area contributed by atoms with E-state index >= 15 is 0 Å². The van der Waals surface area contributed by atoms with Gasteiger partial charge in [0.15, 0.2) is 0 Å². The predicted molar refractivity (Wildman–Crippen MR) is 93.6 cm³/mol. The number of hydrogen-bond donors (Lipinski definition) is 1. The Labute approximate surface area is 142 Å². The number of hydrogen-bond acceptors (Lipinski definition) is 4. The standard InChI is InChI=1S/C18H21NO4S/c1-3-4-5-14-6-12-17(13-7-14)24(21,22)19-16-10-8-15(9-11-16)18(20)23-2/h6-13,19H,3-5H2,1-2H3. The van der Waals surface area contributed by atoms with E-state index in [0.717, 1.165) is 24.8 Å². The summed E-state index contributed by atoms with van der Waals surface area (Å²) in [6.45, 7) is 2.12. The van der Waals surface area contributed by atoms with Crippen LogP contribution in [0.4, 0.5) is 5.69 Å². The number of methoxy groups -OCH3 is 1. The first-order chi connectivity index (χ1) is 11.5. The second-order valence-electron chi connectivity index (χ2n) is 5.42. The lowest BCUT2D eigenvalue weighted by Gasteiger charge is -2.09. The molecule has 0 spiro atoms. The van der Waals surface area contributed by atoms with Crippen molar-refractivity contribution in [1.29, 1.82) is 0 Å². The molecular weight excluding hydrogens is 326 g/mol. The zero-order chi connectivity index (χ0) is 17.6. The molecule has 0 radical (unpaired) electrons. The highest BCUT2D eigenvalue weighted by molar-refractivity contribution is 7.92. The summed E-state index contributed by atoms with van der Waals surface area (Å²) in [5.41, 5.74) is 1.87. The average Bonchev–Trinajstić information content (AvgIpc) is 2.60. The average molecular weight is 347 g/mol. The summed E-state index contributed by atoms with van der Waals surface area (Å²) in [6.07, 6.45) is 3.12. The number of sulfonamides is 1. The number of benzene rings is 2. The Morgan fingerprint density at radius 3 is 2.21 bits per heavy atom. The Kier molecular flexibility index (Phi) is 5.98. The molecule has 2 aromatic carbocycles. The van der Waals surface area contributed by atoms with E-state index < -0.39 is 16.0 Å². The molecule has 0 atom stereocenters. The van der Waals surface area contributed by atoms with E-state index in [9.17, 15) is 13.2 Å². The fraction of sp³-hybridized carbons (Fsp3) is 0.278. The number of aryl methyl sites for hydroxylation is 1. The van der Waals surface area contributed by atoms with Crippen LogP contribution in [0.3, 0.4) is 0 Å². The molecule has 0 amide bonds. The number of carbonyl (C=O) groups is 1. The number of esters is 1. The number of unbranched alkanes of at least 4 members (excludes halogenated alkanes) is 1. The Morgan fingerprint density at radius 1 is 1.04 bits per heavy atom. The van der Waals surface area contributed by atoms with Crippen molar-refractivity contribution in [3.05, 3.63) is 59.7 Å². The molecule has 2 rings (SSSR count). The second-order valence-corrected chi connectivity index (χ2v) is 7.10. The number of nitrogens with one attached hydrogen (secondary N) is 1. The predicted octanol–water partition coefficient (Wildman–Crippen LogP) is 3.62. The van der Waals surface area contributed by atoms with Gasteiger partial charge in [-0.1, -0.05) is 25.5 Å². The molecule has 0 saturated carbocycles. The van der Waals surface area contributed by atoms with Gasteiger partial charge in [0.1, 0.15) is 0 Å². The van der Waals surface area contributed by atoms with Crippen LogP contribution in [0.2, 0.25) is 0 Å². The topological polar surface area (TPSA) is 72.5 Å². The summed E-state index contributed by atoms with van der Waals surface area (Å²) in [6, 6.07) is 13.0. The van der Waals surface area contributed by atoms with E-state index in [1.54, 1.807) is 12.1 Å². The van der Waals surface area contributed by atoms with E-state index in [2.05, 4.69) is 16.4 Å². The van der Waals surface area contributed by atoms with Gasteiger partial charge in [-0.3, -0.25) is 4.72 Å². The van der Waals surface area contributed by atoms with Crippen molar-refractivity contribution < 1.29 is 17.9 Å². The van der Waals surface area contributed by atoms with Crippen molar-refractivity contribution in [2.45, 2.75) is 31.1 Å². The molecule has 0 unspecified atom stereocenters. The molecule has 2 aromatic rings. The summed E-state index contributed by atoms with van der Waals surface area (Å²) in [5, 5.41) is 0. The first kappa shape index (κ1) is 18.0. The molecule has 0 aliphatic carbocycles. The van der Waals surface area contributed by atoms with E-state index in [0.29, 0.717) is 11.3 Å².